The van der Waals surface area contributed by atoms with Gasteiger partial charge in [-0.15, -0.1) is 11.3 Å². The summed E-state index contributed by atoms with van der Waals surface area (Å²) < 4.78 is 40.6. The smallest absolute Gasteiger partial charge is 0.387 e. The number of anilines is 1. The van der Waals surface area contributed by atoms with Gasteiger partial charge in [-0.1, -0.05) is 30.4 Å². The van der Waals surface area contributed by atoms with Crippen molar-refractivity contribution in [3.63, 3.8) is 0 Å². The van der Waals surface area contributed by atoms with E-state index < -0.39 is 12.5 Å². The largest absolute Gasteiger partial charge is 0.493 e. The molecule has 0 spiro atoms. The molecule has 1 heterocycles. The fourth-order valence-electron chi connectivity index (χ4n) is 2.73. The van der Waals surface area contributed by atoms with Gasteiger partial charge in [-0.2, -0.15) is 8.78 Å². The van der Waals surface area contributed by atoms with Crippen LogP contribution in [0.4, 0.5) is 13.9 Å². The number of para-hydroxylation sites is 1. The van der Waals surface area contributed by atoms with Gasteiger partial charge >= 0.3 is 6.61 Å². The first kappa shape index (κ1) is 22.2. The molecule has 1 N–H and O–H groups in total. The summed E-state index contributed by atoms with van der Waals surface area (Å²) >= 11 is 1.16. The number of nitrogens with zero attached hydrogens (tertiary/aromatic N) is 1. The summed E-state index contributed by atoms with van der Waals surface area (Å²) in [6.45, 7) is -1.28. The minimum absolute atomic E-state index is 0.0115. The first-order valence-corrected chi connectivity index (χ1v) is 10.1. The number of aromatic nitrogens is 1. The number of allylic oxidation sites excluding steroid dienone is 1. The maximum absolute atomic E-state index is 12.6. The predicted molar refractivity (Wildman–Crippen MR) is 116 cm³/mol. The number of benzene rings is 2. The standard InChI is InChI=1S/C22H20F2N2O4S/c1-3-6-14-9-10-18(19(11-14)28-2)29-12-20(27)26-22-25-16(13-31-22)15-7-4-5-8-17(15)30-21(23)24/h3-11,13,21H,12H2,1-2H3,(H,25,26,27)/b6-3+. The van der Waals surface area contributed by atoms with Crippen molar-refractivity contribution in [1.29, 1.82) is 0 Å². The van der Waals surface area contributed by atoms with Crippen molar-refractivity contribution >= 4 is 28.5 Å². The fourth-order valence-corrected chi connectivity index (χ4v) is 3.46. The van der Waals surface area contributed by atoms with Crippen LogP contribution >= 0.6 is 11.3 Å². The summed E-state index contributed by atoms with van der Waals surface area (Å²) in [4.78, 5) is 16.6. The van der Waals surface area contributed by atoms with Gasteiger partial charge in [0, 0.05) is 10.9 Å². The average Bonchev–Trinajstić information content (AvgIpc) is 3.21. The van der Waals surface area contributed by atoms with Gasteiger partial charge in [0.15, 0.2) is 23.2 Å². The second kappa shape index (κ2) is 10.5. The molecule has 2 aromatic carbocycles. The Labute approximate surface area is 182 Å². The third-order valence-corrected chi connectivity index (χ3v) is 4.79. The molecule has 0 saturated carbocycles. The van der Waals surface area contributed by atoms with Crippen molar-refractivity contribution < 1.29 is 27.8 Å². The number of hydrogen-bond acceptors (Lipinski definition) is 6. The lowest BCUT2D eigenvalue weighted by atomic mass is 10.1. The lowest BCUT2D eigenvalue weighted by molar-refractivity contribution is -0.118. The SMILES string of the molecule is C/C=C/c1ccc(OCC(=O)Nc2nc(-c3ccccc3OC(F)F)cs2)c(OC)c1. The van der Waals surface area contributed by atoms with Crippen LogP contribution in [0.15, 0.2) is 53.9 Å². The Morgan fingerprint density at radius 2 is 2.00 bits per heavy atom. The van der Waals surface area contributed by atoms with Crippen LogP contribution in [0.1, 0.15) is 12.5 Å². The monoisotopic (exact) mass is 446 g/mol. The number of alkyl halides is 2. The number of halogens is 2. The Morgan fingerprint density at radius 1 is 1.19 bits per heavy atom. The van der Waals surface area contributed by atoms with Gasteiger partial charge in [0.1, 0.15) is 5.75 Å². The maximum Gasteiger partial charge on any atom is 0.387 e. The van der Waals surface area contributed by atoms with Crippen LogP contribution in [0.2, 0.25) is 0 Å². The third-order valence-electron chi connectivity index (χ3n) is 4.04. The Bertz CT molecular complexity index is 1070. The van der Waals surface area contributed by atoms with E-state index in [1.807, 2.05) is 25.1 Å². The highest BCUT2D eigenvalue weighted by atomic mass is 32.1. The highest BCUT2D eigenvalue weighted by molar-refractivity contribution is 7.14. The van der Waals surface area contributed by atoms with Crippen LogP contribution in [0.25, 0.3) is 17.3 Å². The van der Waals surface area contributed by atoms with Crippen molar-refractivity contribution in [3.8, 4) is 28.5 Å². The number of amides is 1. The number of carbonyl (C=O) groups is 1. The summed E-state index contributed by atoms with van der Waals surface area (Å²) in [5, 5.41) is 4.59. The number of thiazole rings is 1. The Hall–Kier alpha value is -3.46. The lowest BCUT2D eigenvalue weighted by Crippen LogP contribution is -2.20. The predicted octanol–water partition coefficient (Wildman–Crippen LogP) is 5.47. The van der Waals surface area contributed by atoms with E-state index in [4.69, 9.17) is 9.47 Å². The molecule has 1 aromatic heterocycles. The lowest BCUT2D eigenvalue weighted by Gasteiger charge is -2.11. The van der Waals surface area contributed by atoms with E-state index in [0.717, 1.165) is 16.9 Å². The summed E-state index contributed by atoms with van der Waals surface area (Å²) in [5.74, 6) is 0.537. The van der Waals surface area contributed by atoms with Crippen LogP contribution in [0, 0.1) is 0 Å². The van der Waals surface area contributed by atoms with E-state index in [9.17, 15) is 13.6 Å². The zero-order chi connectivity index (χ0) is 22.2. The molecular formula is C22H20F2N2O4S. The van der Waals surface area contributed by atoms with Gasteiger partial charge in [0.05, 0.1) is 12.8 Å². The van der Waals surface area contributed by atoms with Crippen LogP contribution in [0.5, 0.6) is 17.2 Å². The molecular weight excluding hydrogens is 426 g/mol. The molecule has 0 aliphatic heterocycles. The fraction of sp³-hybridized carbons (Fsp3) is 0.182. The molecule has 6 nitrogen and oxygen atoms in total. The van der Waals surface area contributed by atoms with Gasteiger partial charge in [0.25, 0.3) is 5.91 Å². The summed E-state index contributed by atoms with van der Waals surface area (Å²) in [6.07, 6.45) is 3.83. The van der Waals surface area contributed by atoms with Crippen molar-refractivity contribution in [2.24, 2.45) is 0 Å². The number of rotatable bonds is 9. The Balaban J connectivity index is 1.64. The van der Waals surface area contributed by atoms with Gasteiger partial charge in [-0.05, 0) is 36.8 Å². The first-order valence-electron chi connectivity index (χ1n) is 9.23. The normalized spacial score (nSPS) is 11.0. The molecule has 9 heteroatoms. The van der Waals surface area contributed by atoms with Crippen LogP contribution < -0.4 is 19.5 Å². The second-order valence-electron chi connectivity index (χ2n) is 6.16. The summed E-state index contributed by atoms with van der Waals surface area (Å²) in [7, 11) is 1.52. The number of methoxy groups -OCH3 is 1. The van der Waals surface area contributed by atoms with E-state index in [1.54, 1.807) is 35.7 Å². The highest BCUT2D eigenvalue weighted by Crippen LogP contribution is 2.33. The van der Waals surface area contributed by atoms with Crippen LogP contribution in [-0.4, -0.2) is 31.2 Å². The van der Waals surface area contributed by atoms with Crippen LogP contribution in [-0.2, 0) is 4.79 Å². The van der Waals surface area contributed by atoms with Gasteiger partial charge < -0.3 is 14.2 Å². The van der Waals surface area contributed by atoms with Gasteiger partial charge in [-0.3, -0.25) is 10.1 Å². The molecule has 0 atom stereocenters. The molecule has 0 radical (unpaired) electrons. The molecule has 0 unspecified atom stereocenters. The van der Waals surface area contributed by atoms with E-state index in [0.29, 0.717) is 27.9 Å². The second-order valence-corrected chi connectivity index (χ2v) is 7.02. The van der Waals surface area contributed by atoms with E-state index in [1.165, 1.54) is 13.2 Å². The van der Waals surface area contributed by atoms with Gasteiger partial charge in [-0.25, -0.2) is 4.98 Å². The molecule has 0 bridgehead atoms. The first-order chi connectivity index (χ1) is 15.0. The van der Waals surface area contributed by atoms with E-state index >= 15 is 0 Å². The molecule has 31 heavy (non-hydrogen) atoms. The minimum Gasteiger partial charge on any atom is -0.493 e. The van der Waals surface area contributed by atoms with Crippen molar-refractivity contribution in [3.05, 3.63) is 59.5 Å². The van der Waals surface area contributed by atoms with Gasteiger partial charge in [0.2, 0.25) is 0 Å². The Kier molecular flexibility index (Phi) is 7.55. The zero-order valence-electron chi connectivity index (χ0n) is 16.8. The van der Waals surface area contributed by atoms with E-state index in [-0.39, 0.29) is 12.4 Å². The molecule has 0 fully saturated rings. The number of ether oxygens (including phenoxy) is 3. The zero-order valence-corrected chi connectivity index (χ0v) is 17.6. The van der Waals surface area contributed by atoms with Crippen molar-refractivity contribution in [1.82, 2.24) is 4.98 Å². The molecule has 162 valence electrons. The molecule has 0 aliphatic rings. The van der Waals surface area contributed by atoms with Crippen LogP contribution in [0.3, 0.4) is 0 Å². The number of carbonyl (C=O) groups excluding carboxylic acids is 1. The average molecular weight is 446 g/mol. The molecule has 1 amide bonds. The van der Waals surface area contributed by atoms with Crippen molar-refractivity contribution in [2.45, 2.75) is 13.5 Å². The highest BCUT2D eigenvalue weighted by Gasteiger charge is 2.15. The minimum atomic E-state index is -2.94. The molecule has 0 saturated heterocycles. The number of nitrogens with one attached hydrogen (secondary N) is 1. The summed E-state index contributed by atoms with van der Waals surface area (Å²) in [6, 6.07) is 11.7. The maximum atomic E-state index is 12.6. The van der Waals surface area contributed by atoms with Crippen molar-refractivity contribution in [2.75, 3.05) is 19.0 Å². The summed E-state index contributed by atoms with van der Waals surface area (Å²) in [5.41, 5.74) is 1.77. The molecule has 0 aliphatic carbocycles. The third kappa shape index (κ3) is 6.02. The molecule has 3 aromatic rings. The number of hydrogen-bond donors (Lipinski definition) is 1. The molecule has 3 rings (SSSR count). The van der Waals surface area contributed by atoms with E-state index in [2.05, 4.69) is 15.0 Å². The topological polar surface area (TPSA) is 69.7 Å². The quantitative estimate of drug-likeness (QED) is 0.472. The Morgan fingerprint density at radius 3 is 2.74 bits per heavy atom.